The van der Waals surface area contributed by atoms with E-state index < -0.39 is 0 Å². The van der Waals surface area contributed by atoms with Crippen molar-refractivity contribution in [1.82, 2.24) is 10.2 Å². The van der Waals surface area contributed by atoms with Gasteiger partial charge in [0.05, 0.1) is 0 Å². The zero-order valence-corrected chi connectivity index (χ0v) is 10.2. The van der Waals surface area contributed by atoms with Crippen molar-refractivity contribution in [3.8, 4) is 0 Å². The van der Waals surface area contributed by atoms with Crippen molar-refractivity contribution in [1.29, 1.82) is 0 Å². The second-order valence-corrected chi connectivity index (χ2v) is 4.23. The summed E-state index contributed by atoms with van der Waals surface area (Å²) in [6, 6.07) is 0.587. The molecule has 88 valence electrons. The van der Waals surface area contributed by atoms with Gasteiger partial charge in [-0.25, -0.2) is 0 Å². The highest BCUT2D eigenvalue weighted by atomic mass is 16.5. The van der Waals surface area contributed by atoms with Gasteiger partial charge in [0.2, 0.25) is 0 Å². The minimum absolute atomic E-state index is 0. The summed E-state index contributed by atoms with van der Waals surface area (Å²) >= 11 is 0. The first-order valence-corrected chi connectivity index (χ1v) is 5.58. The average molecular weight is 204 g/mol. The Morgan fingerprint density at radius 2 is 1.86 bits per heavy atom. The highest BCUT2D eigenvalue weighted by Crippen LogP contribution is 1.88. The lowest BCUT2D eigenvalue weighted by atomic mass is 10.3. The molecule has 0 aromatic carbocycles. The molecular weight excluding hydrogens is 176 g/mol. The number of nitrogens with one attached hydrogen (secondary N) is 1. The molecular formula is C11H28N2O. The van der Waals surface area contributed by atoms with E-state index in [0.29, 0.717) is 6.04 Å². The van der Waals surface area contributed by atoms with Crippen LogP contribution in [0.4, 0.5) is 0 Å². The number of hydrogen-bond donors (Lipinski definition) is 1. The van der Waals surface area contributed by atoms with E-state index in [1.807, 2.05) is 0 Å². The molecule has 0 aliphatic rings. The van der Waals surface area contributed by atoms with Crippen molar-refractivity contribution in [2.45, 2.75) is 32.7 Å². The summed E-state index contributed by atoms with van der Waals surface area (Å²) in [7, 11) is 4.18. The van der Waals surface area contributed by atoms with Gasteiger partial charge < -0.3 is 15.0 Å². The number of nitrogens with zero attached hydrogens (tertiary/aromatic N) is 1. The Bertz CT molecular complexity index is 107. The number of rotatable bonds is 9. The highest BCUT2D eigenvalue weighted by Gasteiger charge is 1.93. The van der Waals surface area contributed by atoms with E-state index in [-0.39, 0.29) is 1.43 Å². The standard InChI is InChI=1S/C11H26N2O.H2/c1-11(2)12-7-5-9-14-10-6-8-13(3)4;/h11-12H,5-10H2,1-4H3;1H. The maximum atomic E-state index is 5.50. The second-order valence-electron chi connectivity index (χ2n) is 4.23. The van der Waals surface area contributed by atoms with E-state index in [2.05, 4.69) is 38.2 Å². The van der Waals surface area contributed by atoms with Crippen LogP contribution in [0.15, 0.2) is 0 Å². The van der Waals surface area contributed by atoms with Crippen LogP contribution in [0.1, 0.15) is 28.1 Å². The van der Waals surface area contributed by atoms with Gasteiger partial charge in [0.25, 0.3) is 0 Å². The van der Waals surface area contributed by atoms with Crippen LogP contribution in [-0.4, -0.2) is 51.3 Å². The van der Waals surface area contributed by atoms with E-state index in [1.54, 1.807) is 0 Å². The van der Waals surface area contributed by atoms with Crippen LogP contribution in [0.25, 0.3) is 0 Å². The maximum absolute atomic E-state index is 5.50. The van der Waals surface area contributed by atoms with Gasteiger partial charge in [0.15, 0.2) is 0 Å². The lowest BCUT2D eigenvalue weighted by molar-refractivity contribution is 0.123. The Morgan fingerprint density at radius 3 is 2.43 bits per heavy atom. The van der Waals surface area contributed by atoms with Gasteiger partial charge >= 0.3 is 0 Å². The summed E-state index contributed by atoms with van der Waals surface area (Å²) < 4.78 is 5.50. The second kappa shape index (κ2) is 9.44. The van der Waals surface area contributed by atoms with Crippen LogP contribution in [-0.2, 0) is 4.74 Å². The van der Waals surface area contributed by atoms with Gasteiger partial charge in [0.1, 0.15) is 0 Å². The Kier molecular flexibility index (Phi) is 9.35. The summed E-state index contributed by atoms with van der Waals surface area (Å²) in [5.41, 5.74) is 0. The van der Waals surface area contributed by atoms with E-state index in [0.717, 1.165) is 39.1 Å². The predicted octanol–water partition coefficient (Wildman–Crippen LogP) is 1.59. The van der Waals surface area contributed by atoms with Crippen LogP contribution in [0, 0.1) is 0 Å². The molecule has 0 heterocycles. The summed E-state index contributed by atoms with van der Waals surface area (Å²) in [6.07, 6.45) is 2.24. The molecule has 0 radical (unpaired) electrons. The van der Waals surface area contributed by atoms with Crippen LogP contribution < -0.4 is 5.32 Å². The van der Waals surface area contributed by atoms with Crippen molar-refractivity contribution >= 4 is 0 Å². The molecule has 0 aromatic heterocycles. The Morgan fingerprint density at radius 1 is 1.21 bits per heavy atom. The molecule has 0 saturated heterocycles. The van der Waals surface area contributed by atoms with E-state index in [4.69, 9.17) is 4.74 Å². The molecule has 0 aliphatic heterocycles. The SMILES string of the molecule is CC(C)NCCCOCCCN(C)C.[HH]. The smallest absolute Gasteiger partial charge is 0.0478 e. The molecule has 3 heteroatoms. The van der Waals surface area contributed by atoms with Crippen LogP contribution in [0.3, 0.4) is 0 Å². The Hall–Kier alpha value is -0.120. The van der Waals surface area contributed by atoms with Crippen molar-refractivity contribution in [2.75, 3.05) is 40.4 Å². The Balaban J connectivity index is 0. The predicted molar refractivity (Wildman–Crippen MR) is 63.9 cm³/mol. The van der Waals surface area contributed by atoms with Gasteiger partial charge in [-0.2, -0.15) is 0 Å². The summed E-state index contributed by atoms with van der Waals surface area (Å²) in [6.45, 7) is 8.28. The normalized spacial score (nSPS) is 11.6. The van der Waals surface area contributed by atoms with Crippen molar-refractivity contribution in [3.63, 3.8) is 0 Å². The fourth-order valence-corrected chi connectivity index (χ4v) is 1.15. The molecule has 0 amide bonds. The molecule has 0 unspecified atom stereocenters. The molecule has 0 atom stereocenters. The van der Waals surface area contributed by atoms with Gasteiger partial charge in [-0.05, 0) is 40.0 Å². The number of hydrogen-bond acceptors (Lipinski definition) is 3. The van der Waals surface area contributed by atoms with Crippen LogP contribution >= 0.6 is 0 Å². The molecule has 0 aliphatic carbocycles. The highest BCUT2D eigenvalue weighted by molar-refractivity contribution is 4.52. The first-order valence-electron chi connectivity index (χ1n) is 5.58. The molecule has 0 aromatic rings. The average Bonchev–Trinajstić information content (AvgIpc) is 2.08. The summed E-state index contributed by atoms with van der Waals surface area (Å²) in [5, 5.41) is 3.37. The van der Waals surface area contributed by atoms with Gasteiger partial charge in [-0.15, -0.1) is 0 Å². The molecule has 3 nitrogen and oxygen atoms in total. The van der Waals surface area contributed by atoms with Gasteiger partial charge in [-0.3, -0.25) is 0 Å². The van der Waals surface area contributed by atoms with E-state index in [9.17, 15) is 0 Å². The molecule has 0 fully saturated rings. The fourth-order valence-electron chi connectivity index (χ4n) is 1.15. The zero-order chi connectivity index (χ0) is 10.8. The van der Waals surface area contributed by atoms with E-state index in [1.165, 1.54) is 0 Å². The quantitative estimate of drug-likeness (QED) is 0.577. The number of ether oxygens (including phenoxy) is 1. The topological polar surface area (TPSA) is 24.5 Å². The Labute approximate surface area is 90.3 Å². The first kappa shape index (κ1) is 13.9. The van der Waals surface area contributed by atoms with Gasteiger partial charge in [0, 0.05) is 20.7 Å². The molecule has 0 spiro atoms. The summed E-state index contributed by atoms with van der Waals surface area (Å²) in [5.74, 6) is 0. The molecule has 0 saturated carbocycles. The minimum Gasteiger partial charge on any atom is -0.381 e. The zero-order valence-electron chi connectivity index (χ0n) is 10.2. The largest absolute Gasteiger partial charge is 0.381 e. The lowest BCUT2D eigenvalue weighted by Crippen LogP contribution is -2.24. The van der Waals surface area contributed by atoms with Crippen LogP contribution in [0.2, 0.25) is 0 Å². The van der Waals surface area contributed by atoms with Gasteiger partial charge in [-0.1, -0.05) is 13.8 Å². The first-order chi connectivity index (χ1) is 6.63. The molecule has 14 heavy (non-hydrogen) atoms. The van der Waals surface area contributed by atoms with E-state index >= 15 is 0 Å². The lowest BCUT2D eigenvalue weighted by Gasteiger charge is -2.10. The monoisotopic (exact) mass is 204 g/mol. The third kappa shape index (κ3) is 11.9. The van der Waals surface area contributed by atoms with Crippen molar-refractivity contribution in [2.24, 2.45) is 0 Å². The van der Waals surface area contributed by atoms with Crippen LogP contribution in [0.5, 0.6) is 0 Å². The van der Waals surface area contributed by atoms with Crippen molar-refractivity contribution in [3.05, 3.63) is 0 Å². The molecule has 0 rings (SSSR count). The fraction of sp³-hybridized carbons (Fsp3) is 1.00. The molecule has 1 N–H and O–H groups in total. The maximum Gasteiger partial charge on any atom is 0.0478 e. The third-order valence-electron chi connectivity index (χ3n) is 1.91. The summed E-state index contributed by atoms with van der Waals surface area (Å²) in [4.78, 5) is 2.18. The third-order valence-corrected chi connectivity index (χ3v) is 1.91. The minimum atomic E-state index is 0. The van der Waals surface area contributed by atoms with Crippen molar-refractivity contribution < 1.29 is 6.16 Å². The molecule has 0 bridgehead atoms.